The van der Waals surface area contributed by atoms with Gasteiger partial charge in [0, 0.05) is 25.5 Å². The van der Waals surface area contributed by atoms with Crippen molar-refractivity contribution in [2.45, 2.75) is 44.5 Å². The van der Waals surface area contributed by atoms with E-state index in [1.54, 1.807) is 0 Å². The summed E-state index contributed by atoms with van der Waals surface area (Å²) in [5.74, 6) is -1.81. The Bertz CT molecular complexity index is 324. The molecule has 0 aliphatic heterocycles. The van der Waals surface area contributed by atoms with Gasteiger partial charge in [0.15, 0.2) is 6.10 Å². The van der Waals surface area contributed by atoms with E-state index in [9.17, 15) is 24.9 Å². The van der Waals surface area contributed by atoms with Crippen molar-refractivity contribution in [2.24, 2.45) is 5.92 Å². The van der Waals surface area contributed by atoms with Crippen molar-refractivity contribution in [3.8, 4) is 0 Å². The highest BCUT2D eigenvalue weighted by Gasteiger charge is 2.32. The monoisotopic (exact) mass is 307 g/mol. The minimum Gasteiger partial charge on any atom is -0.469 e. The summed E-state index contributed by atoms with van der Waals surface area (Å²) in [7, 11) is 1.29. The molecule has 5 N–H and O–H groups in total. The van der Waals surface area contributed by atoms with E-state index >= 15 is 0 Å². The van der Waals surface area contributed by atoms with Crippen molar-refractivity contribution < 1.29 is 34.8 Å². The Hall–Kier alpha value is -1.22. The first-order valence-corrected chi connectivity index (χ1v) is 6.84. The summed E-state index contributed by atoms with van der Waals surface area (Å²) in [6.45, 7) is 1.33. The van der Waals surface area contributed by atoms with E-state index < -0.39 is 30.1 Å². The smallest absolute Gasteiger partial charge is 0.305 e. The summed E-state index contributed by atoms with van der Waals surface area (Å²) in [4.78, 5) is 22.4. The molecule has 4 unspecified atom stereocenters. The summed E-state index contributed by atoms with van der Waals surface area (Å²) in [5.41, 5.74) is 0. The Morgan fingerprint density at radius 3 is 2.29 bits per heavy atom. The van der Waals surface area contributed by atoms with E-state index in [0.29, 0.717) is 12.8 Å². The zero-order valence-electron chi connectivity index (χ0n) is 12.4. The van der Waals surface area contributed by atoms with Gasteiger partial charge in [-0.05, 0) is 12.8 Å². The van der Waals surface area contributed by atoms with Crippen LogP contribution in [0.15, 0.2) is 0 Å². The second-order valence-electron chi connectivity index (χ2n) is 4.91. The van der Waals surface area contributed by atoms with E-state index in [2.05, 4.69) is 10.1 Å². The van der Waals surface area contributed by atoms with E-state index in [4.69, 9.17) is 5.11 Å². The topological polar surface area (TPSA) is 136 Å². The van der Waals surface area contributed by atoms with Gasteiger partial charge in [-0.25, -0.2) is 0 Å². The third kappa shape index (κ3) is 7.37. The molecule has 0 saturated carbocycles. The Labute approximate surface area is 123 Å². The molecule has 124 valence electrons. The molecule has 0 saturated heterocycles. The number of unbranched alkanes of at least 4 members (excludes halogenated alkanes) is 1. The van der Waals surface area contributed by atoms with Gasteiger partial charge in [-0.2, -0.15) is 0 Å². The number of methoxy groups -OCH3 is 1. The molecule has 21 heavy (non-hydrogen) atoms. The lowest BCUT2D eigenvalue weighted by atomic mass is 9.96. The number of aliphatic hydroxyl groups excluding tert-OH is 4. The zero-order chi connectivity index (χ0) is 16.4. The number of rotatable bonds is 10. The first-order chi connectivity index (χ1) is 9.84. The Kier molecular flexibility index (Phi) is 9.89. The molecule has 0 aliphatic rings. The minimum absolute atomic E-state index is 0.227. The highest BCUT2D eigenvalue weighted by atomic mass is 16.5. The fraction of sp³-hybridized carbons (Fsp3) is 0.846. The van der Waals surface area contributed by atoms with Crippen LogP contribution in [0.4, 0.5) is 0 Å². The predicted octanol–water partition coefficient (Wildman–Crippen LogP) is -1.84. The van der Waals surface area contributed by atoms with Gasteiger partial charge in [-0.1, -0.05) is 6.92 Å². The van der Waals surface area contributed by atoms with E-state index in [1.165, 1.54) is 14.0 Å². The SMILES string of the molecule is COC(=O)CCCCNC(=O)C(O)C(O)C(O)C(C)CO. The van der Waals surface area contributed by atoms with Crippen molar-refractivity contribution in [2.75, 3.05) is 20.3 Å². The van der Waals surface area contributed by atoms with Crippen molar-refractivity contribution in [1.82, 2.24) is 5.32 Å². The number of hydrogen-bond acceptors (Lipinski definition) is 7. The molecule has 0 aromatic heterocycles. The van der Waals surface area contributed by atoms with Crippen LogP contribution < -0.4 is 5.32 Å². The van der Waals surface area contributed by atoms with Crippen molar-refractivity contribution in [1.29, 1.82) is 0 Å². The van der Waals surface area contributed by atoms with Gasteiger partial charge < -0.3 is 30.5 Å². The Morgan fingerprint density at radius 1 is 1.14 bits per heavy atom. The normalized spacial score (nSPS) is 16.7. The average molecular weight is 307 g/mol. The largest absolute Gasteiger partial charge is 0.469 e. The number of hydrogen-bond donors (Lipinski definition) is 5. The molecule has 0 radical (unpaired) electrons. The maximum atomic E-state index is 11.6. The number of esters is 1. The fourth-order valence-electron chi connectivity index (χ4n) is 1.60. The van der Waals surface area contributed by atoms with Crippen LogP contribution in [0.2, 0.25) is 0 Å². The van der Waals surface area contributed by atoms with Crippen LogP contribution in [-0.2, 0) is 14.3 Å². The van der Waals surface area contributed by atoms with Crippen LogP contribution in [0.25, 0.3) is 0 Å². The van der Waals surface area contributed by atoms with Crippen LogP contribution in [0.3, 0.4) is 0 Å². The molecule has 8 heteroatoms. The lowest BCUT2D eigenvalue weighted by Crippen LogP contribution is -2.49. The van der Waals surface area contributed by atoms with E-state index in [0.717, 1.165) is 0 Å². The molecule has 0 rings (SSSR count). The summed E-state index contributed by atoms with van der Waals surface area (Å²) < 4.78 is 4.46. The number of nitrogens with one attached hydrogen (secondary N) is 1. The predicted molar refractivity (Wildman–Crippen MR) is 73.1 cm³/mol. The lowest BCUT2D eigenvalue weighted by Gasteiger charge is -2.25. The second-order valence-corrected chi connectivity index (χ2v) is 4.91. The molecule has 0 aliphatic carbocycles. The van der Waals surface area contributed by atoms with Gasteiger partial charge in [-0.3, -0.25) is 9.59 Å². The molecule has 0 heterocycles. The number of aliphatic hydroxyl groups is 4. The maximum Gasteiger partial charge on any atom is 0.305 e. The molecular formula is C13H25NO7. The van der Waals surface area contributed by atoms with Gasteiger partial charge in [-0.15, -0.1) is 0 Å². The molecule has 0 bridgehead atoms. The molecule has 8 nitrogen and oxygen atoms in total. The molecule has 4 atom stereocenters. The van der Waals surface area contributed by atoms with Gasteiger partial charge in [0.25, 0.3) is 5.91 Å². The number of carbonyl (C=O) groups excluding carboxylic acids is 2. The molecule has 0 aromatic carbocycles. The van der Waals surface area contributed by atoms with Gasteiger partial charge in [0.2, 0.25) is 0 Å². The summed E-state index contributed by atoms with van der Waals surface area (Å²) in [5, 5.41) is 40.1. The molecule has 0 aromatic rings. The minimum atomic E-state index is -1.78. The molecular weight excluding hydrogens is 282 g/mol. The number of carbonyl (C=O) groups is 2. The zero-order valence-corrected chi connectivity index (χ0v) is 12.4. The molecule has 0 fully saturated rings. The van der Waals surface area contributed by atoms with E-state index in [-0.39, 0.29) is 25.5 Å². The van der Waals surface area contributed by atoms with Crippen molar-refractivity contribution in [3.05, 3.63) is 0 Å². The van der Waals surface area contributed by atoms with Crippen LogP contribution in [0.5, 0.6) is 0 Å². The molecule has 0 spiro atoms. The Balaban J connectivity index is 4.02. The van der Waals surface area contributed by atoms with Crippen molar-refractivity contribution >= 4 is 11.9 Å². The fourth-order valence-corrected chi connectivity index (χ4v) is 1.60. The first-order valence-electron chi connectivity index (χ1n) is 6.84. The third-order valence-electron chi connectivity index (χ3n) is 3.15. The highest BCUT2D eigenvalue weighted by Crippen LogP contribution is 2.10. The second kappa shape index (κ2) is 10.5. The van der Waals surface area contributed by atoms with Gasteiger partial charge in [0.05, 0.1) is 13.2 Å². The lowest BCUT2D eigenvalue weighted by molar-refractivity contribution is -0.143. The van der Waals surface area contributed by atoms with Crippen LogP contribution in [0, 0.1) is 5.92 Å². The van der Waals surface area contributed by atoms with Crippen LogP contribution in [-0.4, -0.2) is 70.9 Å². The summed E-state index contributed by atoms with van der Waals surface area (Å²) in [6, 6.07) is 0. The maximum absolute atomic E-state index is 11.6. The quantitative estimate of drug-likeness (QED) is 0.236. The highest BCUT2D eigenvalue weighted by molar-refractivity contribution is 5.81. The third-order valence-corrected chi connectivity index (χ3v) is 3.15. The summed E-state index contributed by atoms with van der Waals surface area (Å²) >= 11 is 0. The number of ether oxygens (including phenoxy) is 1. The van der Waals surface area contributed by atoms with Crippen LogP contribution in [0.1, 0.15) is 26.2 Å². The average Bonchev–Trinajstić information content (AvgIpc) is 2.50. The van der Waals surface area contributed by atoms with E-state index in [1.807, 2.05) is 0 Å². The number of amides is 1. The summed E-state index contributed by atoms with van der Waals surface area (Å²) in [6.07, 6.45) is -3.59. The van der Waals surface area contributed by atoms with Gasteiger partial charge in [0.1, 0.15) is 6.10 Å². The standard InChI is InChI=1S/C13H25NO7/c1-8(7-15)10(17)11(18)12(19)13(20)14-6-4-3-5-9(16)21-2/h8,10-12,15,17-19H,3-7H2,1-2H3,(H,14,20). The van der Waals surface area contributed by atoms with Crippen LogP contribution >= 0.6 is 0 Å². The first kappa shape index (κ1) is 19.8. The van der Waals surface area contributed by atoms with Gasteiger partial charge >= 0.3 is 5.97 Å². The Morgan fingerprint density at radius 2 is 1.76 bits per heavy atom. The molecule has 1 amide bonds. The van der Waals surface area contributed by atoms with Crippen molar-refractivity contribution in [3.63, 3.8) is 0 Å².